The summed E-state index contributed by atoms with van der Waals surface area (Å²) < 4.78 is 2.15. The van der Waals surface area contributed by atoms with Crippen molar-refractivity contribution in [2.24, 2.45) is 0 Å². The van der Waals surface area contributed by atoms with E-state index in [0.717, 1.165) is 39.5 Å². The van der Waals surface area contributed by atoms with Crippen molar-refractivity contribution in [3.8, 4) is 0 Å². The zero-order valence-electron chi connectivity index (χ0n) is 16.4. The van der Waals surface area contributed by atoms with Gasteiger partial charge >= 0.3 is 0 Å². The number of carbonyl (C=O) groups excluding carboxylic acids is 2. The van der Waals surface area contributed by atoms with Gasteiger partial charge in [0.05, 0.1) is 5.92 Å². The Labute approximate surface area is 168 Å². The van der Waals surface area contributed by atoms with Crippen molar-refractivity contribution in [3.63, 3.8) is 0 Å². The van der Waals surface area contributed by atoms with Crippen molar-refractivity contribution < 1.29 is 9.59 Å². The van der Waals surface area contributed by atoms with Gasteiger partial charge in [-0.15, -0.1) is 0 Å². The first kappa shape index (κ1) is 17.7. The van der Waals surface area contributed by atoms with Gasteiger partial charge in [0, 0.05) is 53.7 Å². The Morgan fingerprint density at radius 3 is 2.62 bits per heavy atom. The normalized spacial score (nSPS) is 17.1. The van der Waals surface area contributed by atoms with Crippen LogP contribution in [0.1, 0.15) is 30.4 Å². The van der Waals surface area contributed by atoms with E-state index in [4.69, 9.17) is 0 Å². The lowest BCUT2D eigenvalue weighted by atomic mass is 9.97. The molecule has 2 aromatic carbocycles. The predicted octanol–water partition coefficient (Wildman–Crippen LogP) is 4.23. The van der Waals surface area contributed by atoms with Crippen LogP contribution in [-0.2, 0) is 22.6 Å². The standard InChI is InChI=1S/C24H23N3O2/c1-2-26-15-20(18-8-4-6-10-22(18)26)19-13-23(28)27(24(19)29)12-11-16-14-25-21-9-5-3-7-17(16)21/h3-10,14-15,19,25H,2,11-13H2,1H3. The van der Waals surface area contributed by atoms with Gasteiger partial charge in [-0.1, -0.05) is 36.4 Å². The Morgan fingerprint density at radius 2 is 1.79 bits per heavy atom. The van der Waals surface area contributed by atoms with E-state index in [9.17, 15) is 9.59 Å². The van der Waals surface area contributed by atoms with Crippen LogP contribution < -0.4 is 0 Å². The number of hydrogen-bond donors (Lipinski definition) is 1. The molecule has 5 rings (SSSR count). The Balaban J connectivity index is 1.40. The van der Waals surface area contributed by atoms with E-state index in [1.54, 1.807) is 0 Å². The van der Waals surface area contributed by atoms with Crippen LogP contribution in [-0.4, -0.2) is 32.8 Å². The first-order valence-corrected chi connectivity index (χ1v) is 10.1. The number of likely N-dealkylation sites (tertiary alicyclic amines) is 1. The van der Waals surface area contributed by atoms with Gasteiger partial charge in [-0.3, -0.25) is 14.5 Å². The van der Waals surface area contributed by atoms with E-state index in [-0.39, 0.29) is 24.2 Å². The summed E-state index contributed by atoms with van der Waals surface area (Å²) >= 11 is 0. The smallest absolute Gasteiger partial charge is 0.237 e. The second kappa shape index (κ2) is 6.92. The highest BCUT2D eigenvalue weighted by molar-refractivity contribution is 6.08. The second-order valence-electron chi connectivity index (χ2n) is 7.64. The van der Waals surface area contributed by atoms with Crippen molar-refractivity contribution in [2.75, 3.05) is 6.54 Å². The SMILES string of the molecule is CCn1cc(C2CC(=O)N(CCc3c[nH]c4ccccc34)C2=O)c2ccccc21. The number of benzene rings is 2. The summed E-state index contributed by atoms with van der Waals surface area (Å²) in [4.78, 5) is 30.6. The maximum Gasteiger partial charge on any atom is 0.237 e. The summed E-state index contributed by atoms with van der Waals surface area (Å²) in [6.45, 7) is 3.34. The number of hydrogen-bond acceptors (Lipinski definition) is 2. The summed E-state index contributed by atoms with van der Waals surface area (Å²) in [5, 5.41) is 2.22. The van der Waals surface area contributed by atoms with E-state index >= 15 is 0 Å². The lowest BCUT2D eigenvalue weighted by Gasteiger charge is -2.14. The molecule has 1 atom stereocenters. The highest BCUT2D eigenvalue weighted by atomic mass is 16.2. The summed E-state index contributed by atoms with van der Waals surface area (Å²) in [5.41, 5.74) is 4.29. The summed E-state index contributed by atoms with van der Waals surface area (Å²) in [6, 6.07) is 16.2. The minimum Gasteiger partial charge on any atom is -0.361 e. The number of nitrogens with zero attached hydrogens (tertiary/aromatic N) is 2. The number of amides is 2. The highest BCUT2D eigenvalue weighted by Crippen LogP contribution is 2.35. The van der Waals surface area contributed by atoms with E-state index in [1.165, 1.54) is 4.90 Å². The minimum absolute atomic E-state index is 0.0751. The molecule has 5 heteroatoms. The molecule has 0 bridgehead atoms. The number of aromatic nitrogens is 2. The van der Waals surface area contributed by atoms with Crippen LogP contribution >= 0.6 is 0 Å². The Hall–Kier alpha value is -3.34. The molecular weight excluding hydrogens is 362 g/mol. The van der Waals surface area contributed by atoms with Gasteiger partial charge < -0.3 is 9.55 Å². The molecule has 4 aromatic rings. The summed E-state index contributed by atoms with van der Waals surface area (Å²) in [6.07, 6.45) is 4.93. The zero-order valence-corrected chi connectivity index (χ0v) is 16.4. The number of imide groups is 1. The third-order valence-electron chi connectivity index (χ3n) is 6.06. The average Bonchev–Trinajstić information content (AvgIpc) is 3.41. The van der Waals surface area contributed by atoms with Crippen molar-refractivity contribution in [1.29, 1.82) is 0 Å². The molecule has 1 aliphatic rings. The topological polar surface area (TPSA) is 58.1 Å². The van der Waals surface area contributed by atoms with Crippen LogP contribution in [0.3, 0.4) is 0 Å². The molecule has 1 aliphatic heterocycles. The van der Waals surface area contributed by atoms with E-state index in [1.807, 2.05) is 48.8 Å². The largest absolute Gasteiger partial charge is 0.361 e. The highest BCUT2D eigenvalue weighted by Gasteiger charge is 2.40. The minimum atomic E-state index is -0.386. The van der Waals surface area contributed by atoms with Crippen LogP contribution in [0.2, 0.25) is 0 Å². The van der Waals surface area contributed by atoms with E-state index in [2.05, 4.69) is 28.6 Å². The van der Waals surface area contributed by atoms with Gasteiger partial charge in [-0.25, -0.2) is 0 Å². The predicted molar refractivity (Wildman–Crippen MR) is 114 cm³/mol. The molecule has 0 radical (unpaired) electrons. The van der Waals surface area contributed by atoms with Gasteiger partial charge in [0.1, 0.15) is 0 Å². The number of rotatable bonds is 5. The van der Waals surface area contributed by atoms with Crippen molar-refractivity contribution in [2.45, 2.75) is 32.2 Å². The fourth-order valence-electron chi connectivity index (χ4n) is 4.55. The maximum absolute atomic E-state index is 13.2. The zero-order chi connectivity index (χ0) is 20.0. The van der Waals surface area contributed by atoms with Crippen molar-refractivity contribution >= 4 is 33.6 Å². The Kier molecular flexibility index (Phi) is 4.23. The maximum atomic E-state index is 13.2. The molecule has 2 amide bonds. The van der Waals surface area contributed by atoms with Crippen LogP contribution in [0.25, 0.3) is 21.8 Å². The molecule has 1 fully saturated rings. The van der Waals surface area contributed by atoms with Crippen LogP contribution in [0.5, 0.6) is 0 Å². The van der Waals surface area contributed by atoms with E-state index in [0.29, 0.717) is 13.0 Å². The summed E-state index contributed by atoms with van der Waals surface area (Å²) in [7, 11) is 0. The molecule has 2 aromatic heterocycles. The molecule has 3 heterocycles. The Bertz CT molecular complexity index is 1230. The van der Waals surface area contributed by atoms with Gasteiger partial charge in [0.25, 0.3) is 0 Å². The molecule has 5 nitrogen and oxygen atoms in total. The lowest BCUT2D eigenvalue weighted by molar-refractivity contribution is -0.138. The summed E-state index contributed by atoms with van der Waals surface area (Å²) in [5.74, 6) is -0.537. The average molecular weight is 385 g/mol. The van der Waals surface area contributed by atoms with Gasteiger partial charge in [-0.05, 0) is 36.6 Å². The van der Waals surface area contributed by atoms with Crippen LogP contribution in [0.15, 0.2) is 60.9 Å². The third kappa shape index (κ3) is 2.85. The quantitative estimate of drug-likeness (QED) is 0.523. The van der Waals surface area contributed by atoms with Gasteiger partial charge in [0.15, 0.2) is 0 Å². The Morgan fingerprint density at radius 1 is 1.03 bits per heavy atom. The van der Waals surface area contributed by atoms with Gasteiger partial charge in [0.2, 0.25) is 11.8 Å². The number of para-hydroxylation sites is 2. The molecule has 1 unspecified atom stereocenters. The molecule has 0 saturated carbocycles. The molecule has 29 heavy (non-hydrogen) atoms. The third-order valence-corrected chi connectivity index (χ3v) is 6.06. The van der Waals surface area contributed by atoms with Crippen molar-refractivity contribution in [3.05, 3.63) is 72.1 Å². The molecule has 1 N–H and O–H groups in total. The number of fused-ring (bicyclic) bond motifs is 2. The lowest BCUT2D eigenvalue weighted by Crippen LogP contribution is -2.32. The molecule has 0 aliphatic carbocycles. The van der Waals surface area contributed by atoms with Gasteiger partial charge in [-0.2, -0.15) is 0 Å². The van der Waals surface area contributed by atoms with Crippen LogP contribution in [0, 0.1) is 0 Å². The number of nitrogens with one attached hydrogen (secondary N) is 1. The molecule has 146 valence electrons. The molecular formula is C24H23N3O2. The first-order valence-electron chi connectivity index (χ1n) is 10.1. The molecule has 1 saturated heterocycles. The monoisotopic (exact) mass is 385 g/mol. The fourth-order valence-corrected chi connectivity index (χ4v) is 4.55. The first-order chi connectivity index (χ1) is 14.2. The number of carbonyl (C=O) groups is 2. The van der Waals surface area contributed by atoms with Crippen molar-refractivity contribution in [1.82, 2.24) is 14.5 Å². The fraction of sp³-hybridized carbons (Fsp3) is 0.250. The second-order valence-corrected chi connectivity index (χ2v) is 7.64. The number of aryl methyl sites for hydroxylation is 1. The van der Waals surface area contributed by atoms with Crippen LogP contribution in [0.4, 0.5) is 0 Å². The number of aromatic amines is 1. The van der Waals surface area contributed by atoms with E-state index < -0.39 is 0 Å². The number of H-pyrrole nitrogens is 1. The molecule has 0 spiro atoms.